The Balaban J connectivity index is 3.25. The number of rotatable bonds is 0. The van der Waals surface area contributed by atoms with Gasteiger partial charge in [-0.25, -0.2) is 9.97 Å². The van der Waals surface area contributed by atoms with Crippen molar-refractivity contribution in [3.05, 3.63) is 20.2 Å². The molecule has 0 aliphatic heterocycles. The molecule has 0 aliphatic rings. The van der Waals surface area contributed by atoms with Crippen LogP contribution in [0.15, 0.2) is 6.33 Å². The third kappa shape index (κ3) is 1.65. The van der Waals surface area contributed by atoms with Gasteiger partial charge in [0.15, 0.2) is 0 Å². The number of nitrogens with zero attached hydrogens (tertiary/aromatic N) is 2. The Morgan fingerprint density at radius 2 is 1.67 bits per heavy atom. The fourth-order valence-corrected chi connectivity index (χ4v) is 0.922. The maximum absolute atomic E-state index is 5.57. The van der Waals surface area contributed by atoms with Gasteiger partial charge in [0.1, 0.15) is 16.6 Å². The highest BCUT2D eigenvalue weighted by Crippen LogP contribution is 2.20. The molecule has 0 saturated heterocycles. The molecule has 1 aromatic rings. The average Bonchev–Trinajstić information content (AvgIpc) is 1.83. The molecule has 1 rings (SSSR count). The molecule has 5 heteroatoms. The summed E-state index contributed by atoms with van der Waals surface area (Å²) >= 11 is 13.1. The van der Waals surface area contributed by atoms with E-state index >= 15 is 0 Å². The van der Waals surface area contributed by atoms with E-state index in [1.165, 1.54) is 6.33 Å². The lowest BCUT2D eigenvalue weighted by molar-refractivity contribution is 1.15. The van der Waals surface area contributed by atoms with Crippen molar-refractivity contribution < 1.29 is 0 Å². The third-order valence-corrected chi connectivity index (χ3v) is 2.94. The molecule has 48 valence electrons. The highest BCUT2D eigenvalue weighted by molar-refractivity contribution is 14.1. The molecule has 1 heterocycles. The molecule has 2 nitrogen and oxygen atoms in total. The molecule has 0 amide bonds. The normalized spacial score (nSPS) is 9.67. The van der Waals surface area contributed by atoms with E-state index in [1.807, 2.05) is 22.6 Å². The van der Waals surface area contributed by atoms with Crippen molar-refractivity contribution in [3.8, 4) is 0 Å². The molecule has 9 heavy (non-hydrogen) atoms. The number of hydrogen-bond acceptors (Lipinski definition) is 2. The van der Waals surface area contributed by atoms with E-state index < -0.39 is 0 Å². The lowest BCUT2D eigenvalue weighted by Gasteiger charge is -1.92. The van der Waals surface area contributed by atoms with Gasteiger partial charge < -0.3 is 0 Å². The van der Waals surface area contributed by atoms with Crippen molar-refractivity contribution in [2.75, 3.05) is 0 Å². The second-order valence-electron chi connectivity index (χ2n) is 1.27. The van der Waals surface area contributed by atoms with Crippen molar-refractivity contribution in [1.82, 2.24) is 9.97 Å². The van der Waals surface area contributed by atoms with Crippen LogP contribution in [0.5, 0.6) is 0 Å². The van der Waals surface area contributed by atoms with Gasteiger partial charge in [0.05, 0.1) is 3.57 Å². The zero-order valence-corrected chi connectivity index (χ0v) is 7.78. The summed E-state index contributed by atoms with van der Waals surface area (Å²) in [6.45, 7) is 0. The minimum absolute atomic E-state index is 0.399. The summed E-state index contributed by atoms with van der Waals surface area (Å²) in [4.78, 5) is 7.40. The van der Waals surface area contributed by atoms with Gasteiger partial charge in [0.25, 0.3) is 0 Å². The van der Waals surface area contributed by atoms with Gasteiger partial charge >= 0.3 is 0 Å². The topological polar surface area (TPSA) is 25.8 Å². The molecular formula is C4HCl2IN2. The van der Waals surface area contributed by atoms with Crippen LogP contribution in [0.1, 0.15) is 0 Å². The SMILES string of the molecule is Clc1ncnc(Cl)c1I. The van der Waals surface area contributed by atoms with Crippen LogP contribution in [0.25, 0.3) is 0 Å². The van der Waals surface area contributed by atoms with Gasteiger partial charge in [0.2, 0.25) is 0 Å². The summed E-state index contributed by atoms with van der Waals surface area (Å²) in [6, 6.07) is 0. The Labute approximate surface area is 75.7 Å². The quantitative estimate of drug-likeness (QED) is 0.536. The number of aromatic nitrogens is 2. The zero-order chi connectivity index (χ0) is 6.85. The molecular weight excluding hydrogens is 274 g/mol. The van der Waals surface area contributed by atoms with Crippen LogP contribution in [0.2, 0.25) is 10.3 Å². The third-order valence-electron chi connectivity index (χ3n) is 0.704. The predicted octanol–water partition coefficient (Wildman–Crippen LogP) is 2.39. The zero-order valence-electron chi connectivity index (χ0n) is 4.11. The summed E-state index contributed by atoms with van der Waals surface area (Å²) in [5.41, 5.74) is 0. The first-order chi connectivity index (χ1) is 4.22. The highest BCUT2D eigenvalue weighted by Gasteiger charge is 2.01. The Hall–Kier alpha value is 0.390. The van der Waals surface area contributed by atoms with Crippen molar-refractivity contribution >= 4 is 45.8 Å². The molecule has 0 atom stereocenters. The van der Waals surface area contributed by atoms with Gasteiger partial charge in [-0.15, -0.1) is 0 Å². The first-order valence-corrected chi connectivity index (χ1v) is 3.87. The van der Waals surface area contributed by atoms with Crippen molar-refractivity contribution in [2.45, 2.75) is 0 Å². The lowest BCUT2D eigenvalue weighted by atomic mass is 10.7. The summed E-state index contributed by atoms with van der Waals surface area (Å²) in [6.07, 6.45) is 1.33. The van der Waals surface area contributed by atoms with Crippen LogP contribution in [-0.2, 0) is 0 Å². The fraction of sp³-hybridized carbons (Fsp3) is 0. The van der Waals surface area contributed by atoms with Gasteiger partial charge in [-0.05, 0) is 22.6 Å². The van der Waals surface area contributed by atoms with Crippen LogP contribution in [0, 0.1) is 3.57 Å². The fourth-order valence-electron chi connectivity index (χ4n) is 0.329. The molecule has 0 spiro atoms. The van der Waals surface area contributed by atoms with Crippen molar-refractivity contribution in [1.29, 1.82) is 0 Å². The Kier molecular flexibility index (Phi) is 2.49. The van der Waals surface area contributed by atoms with E-state index in [0.717, 1.165) is 0 Å². The Morgan fingerprint density at radius 1 is 1.22 bits per heavy atom. The van der Waals surface area contributed by atoms with Gasteiger partial charge in [-0.2, -0.15) is 0 Å². The summed E-state index contributed by atoms with van der Waals surface area (Å²) < 4.78 is 0.693. The minimum atomic E-state index is 0.399. The van der Waals surface area contributed by atoms with E-state index in [2.05, 4.69) is 9.97 Å². The smallest absolute Gasteiger partial charge is 0.147 e. The average molecular weight is 275 g/mol. The van der Waals surface area contributed by atoms with E-state index in [4.69, 9.17) is 23.2 Å². The predicted molar refractivity (Wildman–Crippen MR) is 44.8 cm³/mol. The number of hydrogen-bond donors (Lipinski definition) is 0. The van der Waals surface area contributed by atoms with Gasteiger partial charge in [-0.1, -0.05) is 23.2 Å². The van der Waals surface area contributed by atoms with Crippen LogP contribution in [0.4, 0.5) is 0 Å². The second kappa shape index (κ2) is 2.98. The van der Waals surface area contributed by atoms with Crippen LogP contribution in [-0.4, -0.2) is 9.97 Å². The van der Waals surface area contributed by atoms with Crippen molar-refractivity contribution in [2.24, 2.45) is 0 Å². The maximum atomic E-state index is 5.57. The molecule has 0 radical (unpaired) electrons. The molecule has 0 bridgehead atoms. The van der Waals surface area contributed by atoms with E-state index in [9.17, 15) is 0 Å². The monoisotopic (exact) mass is 274 g/mol. The van der Waals surface area contributed by atoms with Gasteiger partial charge in [0, 0.05) is 0 Å². The number of halogens is 3. The van der Waals surface area contributed by atoms with Gasteiger partial charge in [-0.3, -0.25) is 0 Å². The molecule has 0 N–H and O–H groups in total. The highest BCUT2D eigenvalue weighted by atomic mass is 127. The van der Waals surface area contributed by atoms with Crippen LogP contribution >= 0.6 is 45.8 Å². The molecule has 0 aromatic carbocycles. The van der Waals surface area contributed by atoms with E-state index in [0.29, 0.717) is 13.9 Å². The van der Waals surface area contributed by atoms with E-state index in [-0.39, 0.29) is 0 Å². The molecule has 0 unspecified atom stereocenters. The first-order valence-electron chi connectivity index (χ1n) is 2.03. The summed E-state index contributed by atoms with van der Waals surface area (Å²) in [5, 5.41) is 0.797. The molecule has 1 aromatic heterocycles. The Bertz CT molecular complexity index is 208. The largest absolute Gasteiger partial charge is 0.223 e. The Morgan fingerprint density at radius 3 is 2.00 bits per heavy atom. The maximum Gasteiger partial charge on any atom is 0.147 e. The summed E-state index contributed by atoms with van der Waals surface area (Å²) in [7, 11) is 0. The molecule has 0 aliphatic carbocycles. The second-order valence-corrected chi connectivity index (χ2v) is 3.06. The van der Waals surface area contributed by atoms with Crippen LogP contribution in [0.3, 0.4) is 0 Å². The first kappa shape index (κ1) is 7.50. The van der Waals surface area contributed by atoms with E-state index in [1.54, 1.807) is 0 Å². The van der Waals surface area contributed by atoms with Crippen molar-refractivity contribution in [3.63, 3.8) is 0 Å². The molecule has 0 saturated carbocycles. The standard InChI is InChI=1S/C4HCl2IN2/c5-3-2(7)4(6)9-1-8-3/h1H. The summed E-state index contributed by atoms with van der Waals surface area (Å²) in [5.74, 6) is 0. The van der Waals surface area contributed by atoms with Crippen LogP contribution < -0.4 is 0 Å². The molecule has 0 fully saturated rings. The lowest BCUT2D eigenvalue weighted by Crippen LogP contribution is -1.84. The minimum Gasteiger partial charge on any atom is -0.223 e.